The van der Waals surface area contributed by atoms with Gasteiger partial charge in [0.25, 0.3) is 0 Å². The van der Waals surface area contributed by atoms with Crippen LogP contribution in [0, 0.1) is 0 Å². The number of hydrogen-bond donors (Lipinski definition) is 0. The Balaban J connectivity index is 1.86. The minimum absolute atomic E-state index is 0.0757. The van der Waals surface area contributed by atoms with E-state index in [1.807, 2.05) is 37.3 Å². The molecule has 1 aliphatic heterocycles. The number of carbonyl (C=O) groups is 1. The fourth-order valence-corrected chi connectivity index (χ4v) is 2.02. The lowest BCUT2D eigenvalue weighted by atomic mass is 10.2. The fraction of sp³-hybridized carbons (Fsp3) is 0.462. The Labute approximate surface area is 100 Å². The second kappa shape index (κ2) is 5.17. The summed E-state index contributed by atoms with van der Waals surface area (Å²) in [5.41, 5.74) is 0.935. The largest absolute Gasteiger partial charge is 0.445 e. The average molecular weight is 237 g/mol. The van der Waals surface area contributed by atoms with Crippen molar-refractivity contribution < 1.29 is 13.9 Å². The first kappa shape index (κ1) is 11.9. The highest BCUT2D eigenvalue weighted by Crippen LogP contribution is 2.20. The van der Waals surface area contributed by atoms with Gasteiger partial charge < -0.3 is 9.64 Å². The SMILES string of the molecule is CC1CC(F)CN1C(=O)OCc1ccccc1. The van der Waals surface area contributed by atoms with E-state index >= 15 is 0 Å². The van der Waals surface area contributed by atoms with Crippen LogP contribution in [0.3, 0.4) is 0 Å². The Bertz CT molecular complexity index is 382. The first-order chi connectivity index (χ1) is 8.16. The van der Waals surface area contributed by atoms with Gasteiger partial charge in [0.1, 0.15) is 12.8 Å². The molecule has 1 amide bonds. The third kappa shape index (κ3) is 2.96. The smallest absolute Gasteiger partial charge is 0.410 e. The molecule has 1 aromatic carbocycles. The maximum Gasteiger partial charge on any atom is 0.410 e. The van der Waals surface area contributed by atoms with Gasteiger partial charge in [0.05, 0.1) is 6.54 Å². The predicted molar refractivity (Wildman–Crippen MR) is 62.3 cm³/mol. The summed E-state index contributed by atoms with van der Waals surface area (Å²) in [6, 6.07) is 9.38. The topological polar surface area (TPSA) is 29.5 Å². The number of nitrogens with zero attached hydrogens (tertiary/aromatic N) is 1. The van der Waals surface area contributed by atoms with Crippen molar-refractivity contribution in [1.29, 1.82) is 0 Å². The fourth-order valence-electron chi connectivity index (χ4n) is 2.02. The van der Waals surface area contributed by atoms with Crippen molar-refractivity contribution in [2.75, 3.05) is 6.54 Å². The first-order valence-electron chi connectivity index (χ1n) is 5.78. The monoisotopic (exact) mass is 237 g/mol. The molecule has 0 radical (unpaired) electrons. The van der Waals surface area contributed by atoms with Crippen molar-refractivity contribution in [3.05, 3.63) is 35.9 Å². The standard InChI is InChI=1S/C13H16FNO2/c1-10-7-12(14)8-15(10)13(16)17-9-11-5-3-2-4-6-11/h2-6,10,12H,7-9H2,1H3. The highest BCUT2D eigenvalue weighted by Gasteiger charge is 2.33. The van der Waals surface area contributed by atoms with Gasteiger partial charge in [-0.2, -0.15) is 0 Å². The molecule has 0 spiro atoms. The molecule has 4 heteroatoms. The number of hydrogen-bond acceptors (Lipinski definition) is 2. The summed E-state index contributed by atoms with van der Waals surface area (Å²) in [6.07, 6.45) is -0.948. The van der Waals surface area contributed by atoms with Crippen molar-refractivity contribution >= 4 is 6.09 Å². The number of ether oxygens (including phenoxy) is 1. The van der Waals surface area contributed by atoms with Gasteiger partial charge >= 0.3 is 6.09 Å². The van der Waals surface area contributed by atoms with Crippen molar-refractivity contribution in [2.45, 2.75) is 32.2 Å². The minimum Gasteiger partial charge on any atom is -0.445 e. The van der Waals surface area contributed by atoms with E-state index in [0.717, 1.165) is 5.56 Å². The molecule has 0 bridgehead atoms. The maximum absolute atomic E-state index is 13.1. The van der Waals surface area contributed by atoms with E-state index in [1.165, 1.54) is 4.90 Å². The van der Waals surface area contributed by atoms with E-state index in [9.17, 15) is 9.18 Å². The number of carbonyl (C=O) groups excluding carboxylic acids is 1. The van der Waals surface area contributed by atoms with Gasteiger partial charge in [0.15, 0.2) is 0 Å². The molecule has 2 rings (SSSR count). The molecule has 2 unspecified atom stereocenters. The van der Waals surface area contributed by atoms with Gasteiger partial charge in [-0.1, -0.05) is 30.3 Å². The summed E-state index contributed by atoms with van der Waals surface area (Å²) in [4.78, 5) is 13.2. The Morgan fingerprint density at radius 2 is 2.18 bits per heavy atom. The zero-order chi connectivity index (χ0) is 12.3. The van der Waals surface area contributed by atoms with Crippen LogP contribution in [0.4, 0.5) is 9.18 Å². The second-order valence-corrected chi connectivity index (χ2v) is 4.37. The Morgan fingerprint density at radius 1 is 1.47 bits per heavy atom. The molecule has 1 saturated heterocycles. The lowest BCUT2D eigenvalue weighted by molar-refractivity contribution is 0.0928. The summed E-state index contributed by atoms with van der Waals surface area (Å²) in [5.74, 6) is 0. The van der Waals surface area contributed by atoms with Gasteiger partial charge in [-0.05, 0) is 12.5 Å². The summed E-state index contributed by atoms with van der Waals surface area (Å²) in [7, 11) is 0. The van der Waals surface area contributed by atoms with Crippen molar-refractivity contribution in [3.63, 3.8) is 0 Å². The zero-order valence-corrected chi connectivity index (χ0v) is 9.80. The van der Waals surface area contributed by atoms with Gasteiger partial charge in [-0.3, -0.25) is 0 Å². The van der Waals surface area contributed by atoms with Crippen LogP contribution in [0.15, 0.2) is 30.3 Å². The van der Waals surface area contributed by atoms with Crippen LogP contribution in [0.25, 0.3) is 0 Å². The predicted octanol–water partition coefficient (Wildman–Crippen LogP) is 2.76. The lowest BCUT2D eigenvalue weighted by Gasteiger charge is -2.20. The molecule has 0 aromatic heterocycles. The summed E-state index contributed by atoms with van der Waals surface area (Å²) in [6.45, 7) is 2.22. The molecule has 17 heavy (non-hydrogen) atoms. The molecule has 1 fully saturated rings. The first-order valence-corrected chi connectivity index (χ1v) is 5.78. The number of rotatable bonds is 2. The van der Waals surface area contributed by atoms with Crippen LogP contribution in [-0.4, -0.2) is 29.8 Å². The van der Waals surface area contributed by atoms with E-state index in [2.05, 4.69) is 0 Å². The van der Waals surface area contributed by atoms with E-state index in [-0.39, 0.29) is 19.2 Å². The minimum atomic E-state index is -0.922. The molecule has 1 aromatic rings. The molecule has 92 valence electrons. The van der Waals surface area contributed by atoms with Crippen LogP contribution in [0.2, 0.25) is 0 Å². The maximum atomic E-state index is 13.1. The van der Waals surface area contributed by atoms with Crippen LogP contribution >= 0.6 is 0 Å². The lowest BCUT2D eigenvalue weighted by Crippen LogP contribution is -2.34. The molecule has 0 saturated carbocycles. The summed E-state index contributed by atoms with van der Waals surface area (Å²) in [5, 5.41) is 0. The van der Waals surface area contributed by atoms with Crippen molar-refractivity contribution in [2.24, 2.45) is 0 Å². The quantitative estimate of drug-likeness (QED) is 0.791. The van der Waals surface area contributed by atoms with Crippen LogP contribution in [0.1, 0.15) is 18.9 Å². The molecule has 1 heterocycles. The number of benzene rings is 1. The van der Waals surface area contributed by atoms with Crippen molar-refractivity contribution in [3.8, 4) is 0 Å². The van der Waals surface area contributed by atoms with Crippen LogP contribution < -0.4 is 0 Å². The molecule has 3 nitrogen and oxygen atoms in total. The summed E-state index contributed by atoms with van der Waals surface area (Å²) >= 11 is 0. The number of alkyl halides is 1. The summed E-state index contributed by atoms with van der Waals surface area (Å²) < 4.78 is 18.2. The zero-order valence-electron chi connectivity index (χ0n) is 9.80. The molecule has 2 atom stereocenters. The Kier molecular flexibility index (Phi) is 3.61. The average Bonchev–Trinajstić information content (AvgIpc) is 2.67. The molecule has 0 aliphatic carbocycles. The second-order valence-electron chi connectivity index (χ2n) is 4.37. The highest BCUT2D eigenvalue weighted by atomic mass is 19.1. The Hall–Kier alpha value is -1.58. The highest BCUT2D eigenvalue weighted by molar-refractivity contribution is 5.68. The van der Waals surface area contributed by atoms with Crippen LogP contribution in [0.5, 0.6) is 0 Å². The van der Waals surface area contributed by atoms with E-state index in [0.29, 0.717) is 6.42 Å². The van der Waals surface area contributed by atoms with Crippen molar-refractivity contribution in [1.82, 2.24) is 4.90 Å². The van der Waals surface area contributed by atoms with Gasteiger partial charge in [0.2, 0.25) is 0 Å². The van der Waals surface area contributed by atoms with E-state index in [4.69, 9.17) is 4.74 Å². The Morgan fingerprint density at radius 3 is 2.76 bits per heavy atom. The van der Waals surface area contributed by atoms with Gasteiger partial charge in [-0.15, -0.1) is 0 Å². The van der Waals surface area contributed by atoms with Gasteiger partial charge in [0, 0.05) is 12.5 Å². The van der Waals surface area contributed by atoms with E-state index in [1.54, 1.807) is 0 Å². The third-order valence-corrected chi connectivity index (χ3v) is 2.96. The van der Waals surface area contributed by atoms with E-state index < -0.39 is 12.3 Å². The number of amides is 1. The number of likely N-dealkylation sites (tertiary alicyclic amines) is 1. The molecule has 1 aliphatic rings. The number of halogens is 1. The molecular formula is C13H16FNO2. The molecule has 0 N–H and O–H groups in total. The normalized spacial score (nSPS) is 23.8. The molecular weight excluding hydrogens is 221 g/mol. The van der Waals surface area contributed by atoms with Gasteiger partial charge in [-0.25, -0.2) is 9.18 Å². The third-order valence-electron chi connectivity index (χ3n) is 2.96. The van der Waals surface area contributed by atoms with Crippen LogP contribution in [-0.2, 0) is 11.3 Å².